The van der Waals surface area contributed by atoms with Gasteiger partial charge in [0.2, 0.25) is 0 Å². The molecule has 1 N–H and O–H groups in total. The molecule has 4 heteroatoms. The van der Waals surface area contributed by atoms with Crippen LogP contribution in [0.4, 0.5) is 8.78 Å². The van der Waals surface area contributed by atoms with Gasteiger partial charge in [0.1, 0.15) is 0 Å². The van der Waals surface area contributed by atoms with Crippen molar-refractivity contribution in [2.45, 2.75) is 31.9 Å². The van der Waals surface area contributed by atoms with E-state index in [9.17, 15) is 8.78 Å². The van der Waals surface area contributed by atoms with E-state index in [-0.39, 0.29) is 12.6 Å². The average molecular weight is 165 g/mol. The molecule has 1 aliphatic heterocycles. The molecule has 1 aliphatic rings. The lowest BCUT2D eigenvalue weighted by atomic mass is 10.2. The van der Waals surface area contributed by atoms with Crippen LogP contribution in [0.3, 0.4) is 0 Å². The van der Waals surface area contributed by atoms with Crippen molar-refractivity contribution >= 4 is 0 Å². The Morgan fingerprint density at radius 1 is 1.64 bits per heavy atom. The lowest BCUT2D eigenvalue weighted by molar-refractivity contribution is 0.0795. The first kappa shape index (κ1) is 8.87. The van der Waals surface area contributed by atoms with Crippen LogP contribution in [0.1, 0.15) is 13.3 Å². The van der Waals surface area contributed by atoms with Crippen LogP contribution in [0, 0.1) is 0 Å². The van der Waals surface area contributed by atoms with Crippen LogP contribution in [-0.2, 0) is 0 Å². The minimum absolute atomic E-state index is 0.0963. The molecule has 0 radical (unpaired) electrons. The van der Waals surface area contributed by atoms with Crippen LogP contribution >= 0.6 is 0 Å². The van der Waals surface area contributed by atoms with E-state index in [0.29, 0.717) is 13.0 Å². The topological polar surface area (TPSA) is 23.5 Å². The lowest BCUT2D eigenvalue weighted by Gasteiger charge is -2.19. The highest BCUT2D eigenvalue weighted by molar-refractivity contribution is 4.81. The van der Waals surface area contributed by atoms with E-state index in [1.54, 1.807) is 4.90 Å². The zero-order chi connectivity index (χ0) is 8.43. The summed E-state index contributed by atoms with van der Waals surface area (Å²) in [6.45, 7) is 2.04. The molecular formula is C7H13F2NO. The zero-order valence-corrected chi connectivity index (χ0v) is 6.50. The Labute approximate surface area is 64.8 Å². The fourth-order valence-electron chi connectivity index (χ4n) is 1.50. The molecular weight excluding hydrogens is 152 g/mol. The van der Waals surface area contributed by atoms with Crippen LogP contribution in [-0.4, -0.2) is 41.7 Å². The maximum absolute atomic E-state index is 11.9. The Morgan fingerprint density at radius 2 is 2.27 bits per heavy atom. The number of aliphatic hydroxyl groups excluding tert-OH is 1. The largest absolute Gasteiger partial charge is 0.392 e. The van der Waals surface area contributed by atoms with E-state index < -0.39 is 12.5 Å². The Morgan fingerprint density at radius 3 is 2.64 bits per heavy atom. The van der Waals surface area contributed by atoms with E-state index in [0.717, 1.165) is 0 Å². The van der Waals surface area contributed by atoms with Crippen molar-refractivity contribution in [1.29, 1.82) is 0 Å². The van der Waals surface area contributed by atoms with Crippen LogP contribution in [0.15, 0.2) is 0 Å². The molecule has 0 aliphatic carbocycles. The molecule has 0 aromatic rings. The molecule has 2 nitrogen and oxygen atoms in total. The second-order valence-electron chi connectivity index (χ2n) is 3.08. The number of rotatable bonds is 2. The van der Waals surface area contributed by atoms with Gasteiger partial charge >= 0.3 is 0 Å². The van der Waals surface area contributed by atoms with Gasteiger partial charge < -0.3 is 5.11 Å². The van der Waals surface area contributed by atoms with Crippen molar-refractivity contribution in [3.05, 3.63) is 0 Å². The summed E-state index contributed by atoms with van der Waals surface area (Å²) in [4.78, 5) is 1.62. The number of halogens is 2. The fraction of sp³-hybridized carbons (Fsp3) is 1.00. The summed E-state index contributed by atoms with van der Waals surface area (Å²) in [5, 5.41) is 9.10. The minimum atomic E-state index is -2.29. The number of hydrogen-bond donors (Lipinski definition) is 1. The standard InChI is InChI=1S/C7H13F2NO/c1-5-2-6(11)3-10(5)4-7(8)9/h5-7,11H,2-4H2,1H3. The summed E-state index contributed by atoms with van der Waals surface area (Å²) in [7, 11) is 0. The maximum atomic E-state index is 11.9. The fourth-order valence-corrected chi connectivity index (χ4v) is 1.50. The highest BCUT2D eigenvalue weighted by atomic mass is 19.3. The quantitative estimate of drug-likeness (QED) is 0.651. The minimum Gasteiger partial charge on any atom is -0.392 e. The zero-order valence-electron chi connectivity index (χ0n) is 6.50. The van der Waals surface area contributed by atoms with Gasteiger partial charge in [-0.25, -0.2) is 8.78 Å². The van der Waals surface area contributed by atoms with Gasteiger partial charge in [-0.15, -0.1) is 0 Å². The SMILES string of the molecule is CC1CC(O)CN1CC(F)F. The van der Waals surface area contributed by atoms with Crippen molar-refractivity contribution < 1.29 is 13.9 Å². The first-order valence-electron chi connectivity index (χ1n) is 3.80. The van der Waals surface area contributed by atoms with Crippen molar-refractivity contribution in [2.24, 2.45) is 0 Å². The summed E-state index contributed by atoms with van der Waals surface area (Å²) in [5.41, 5.74) is 0. The Balaban J connectivity index is 2.34. The third kappa shape index (κ3) is 2.38. The molecule has 0 aromatic heterocycles. The normalized spacial score (nSPS) is 33.5. The summed E-state index contributed by atoms with van der Waals surface area (Å²) in [6, 6.07) is 0.0963. The number of aliphatic hydroxyl groups is 1. The van der Waals surface area contributed by atoms with Crippen molar-refractivity contribution in [3.63, 3.8) is 0 Å². The second kappa shape index (κ2) is 3.45. The van der Waals surface area contributed by atoms with E-state index in [2.05, 4.69) is 0 Å². The van der Waals surface area contributed by atoms with Crippen LogP contribution in [0.25, 0.3) is 0 Å². The van der Waals surface area contributed by atoms with Crippen molar-refractivity contribution in [1.82, 2.24) is 4.90 Å². The number of β-amino-alcohol motifs (C(OH)–C–C–N with tert-alkyl or cyclic N) is 1. The maximum Gasteiger partial charge on any atom is 0.251 e. The van der Waals surface area contributed by atoms with Crippen LogP contribution < -0.4 is 0 Å². The van der Waals surface area contributed by atoms with E-state index in [1.807, 2.05) is 6.92 Å². The third-order valence-electron chi connectivity index (χ3n) is 2.05. The van der Waals surface area contributed by atoms with Gasteiger partial charge in [0.25, 0.3) is 6.43 Å². The second-order valence-corrected chi connectivity index (χ2v) is 3.08. The Kier molecular flexibility index (Phi) is 2.78. The van der Waals surface area contributed by atoms with Crippen LogP contribution in [0.5, 0.6) is 0 Å². The highest BCUT2D eigenvalue weighted by Gasteiger charge is 2.28. The number of likely N-dealkylation sites (tertiary alicyclic amines) is 1. The van der Waals surface area contributed by atoms with E-state index >= 15 is 0 Å². The monoisotopic (exact) mass is 165 g/mol. The van der Waals surface area contributed by atoms with Gasteiger partial charge in [0, 0.05) is 12.6 Å². The highest BCUT2D eigenvalue weighted by Crippen LogP contribution is 2.17. The molecule has 66 valence electrons. The van der Waals surface area contributed by atoms with Gasteiger partial charge in [0.15, 0.2) is 0 Å². The van der Waals surface area contributed by atoms with Gasteiger partial charge in [-0.3, -0.25) is 4.90 Å². The smallest absolute Gasteiger partial charge is 0.251 e. The van der Waals surface area contributed by atoms with Gasteiger partial charge in [-0.1, -0.05) is 0 Å². The van der Waals surface area contributed by atoms with Gasteiger partial charge in [-0.05, 0) is 13.3 Å². The average Bonchev–Trinajstić information content (AvgIpc) is 2.09. The molecule has 11 heavy (non-hydrogen) atoms. The molecule has 1 fully saturated rings. The predicted molar refractivity (Wildman–Crippen MR) is 37.7 cm³/mol. The van der Waals surface area contributed by atoms with E-state index in [1.165, 1.54) is 0 Å². The molecule has 1 heterocycles. The molecule has 0 saturated carbocycles. The number of nitrogens with zero attached hydrogens (tertiary/aromatic N) is 1. The van der Waals surface area contributed by atoms with Gasteiger partial charge in [-0.2, -0.15) is 0 Å². The molecule has 0 bridgehead atoms. The number of alkyl halides is 2. The molecule has 1 saturated heterocycles. The molecule has 0 aromatic carbocycles. The summed E-state index contributed by atoms with van der Waals surface area (Å²) >= 11 is 0. The molecule has 2 unspecified atom stereocenters. The van der Waals surface area contributed by atoms with Crippen LogP contribution in [0.2, 0.25) is 0 Å². The molecule has 0 spiro atoms. The summed E-state index contributed by atoms with van der Waals surface area (Å²) in [6.07, 6.45) is -2.08. The third-order valence-corrected chi connectivity index (χ3v) is 2.05. The van der Waals surface area contributed by atoms with E-state index in [4.69, 9.17) is 5.11 Å². The number of hydrogen-bond acceptors (Lipinski definition) is 2. The molecule has 2 atom stereocenters. The molecule has 0 amide bonds. The lowest BCUT2D eigenvalue weighted by Crippen LogP contribution is -2.32. The molecule has 1 rings (SSSR count). The Bertz CT molecular complexity index is 132. The predicted octanol–water partition coefficient (Wildman–Crippen LogP) is 0.707. The summed E-state index contributed by atoms with van der Waals surface area (Å²) < 4.78 is 23.7. The first-order chi connectivity index (χ1) is 5.09. The van der Waals surface area contributed by atoms with Crippen molar-refractivity contribution in [3.8, 4) is 0 Å². The Hall–Kier alpha value is -0.220. The van der Waals surface area contributed by atoms with Crippen molar-refractivity contribution in [2.75, 3.05) is 13.1 Å². The first-order valence-corrected chi connectivity index (χ1v) is 3.80. The summed E-state index contributed by atoms with van der Waals surface area (Å²) in [5.74, 6) is 0. The van der Waals surface area contributed by atoms with Gasteiger partial charge in [0.05, 0.1) is 12.6 Å².